The second-order valence-electron chi connectivity index (χ2n) is 4.54. The van der Waals surface area contributed by atoms with E-state index in [9.17, 15) is 4.79 Å². The van der Waals surface area contributed by atoms with Crippen molar-refractivity contribution in [1.29, 1.82) is 0 Å². The highest BCUT2D eigenvalue weighted by molar-refractivity contribution is 6.32. The third-order valence-electron chi connectivity index (χ3n) is 3.21. The zero-order valence-electron chi connectivity index (χ0n) is 11.6. The standard InChI is InChI=1S/C14H18ClNO4/c1-18-12-7-9(6-11(15)13(12)19-2)14(17)16-8-10-4-3-5-20-10/h6-7,10H,3-5,8H2,1-2H3,(H,16,17). The minimum absolute atomic E-state index is 0.106. The summed E-state index contributed by atoms with van der Waals surface area (Å²) in [5, 5.41) is 3.18. The van der Waals surface area contributed by atoms with Crippen LogP contribution in [0.25, 0.3) is 0 Å². The fraction of sp³-hybridized carbons (Fsp3) is 0.500. The van der Waals surface area contributed by atoms with E-state index in [1.807, 2.05) is 0 Å². The molecule has 1 aliphatic heterocycles. The molecule has 6 heteroatoms. The third-order valence-corrected chi connectivity index (χ3v) is 3.49. The molecule has 1 heterocycles. The average molecular weight is 300 g/mol. The lowest BCUT2D eigenvalue weighted by atomic mass is 10.1. The van der Waals surface area contributed by atoms with Gasteiger partial charge in [-0.1, -0.05) is 11.6 Å². The van der Waals surface area contributed by atoms with E-state index in [-0.39, 0.29) is 12.0 Å². The van der Waals surface area contributed by atoms with E-state index in [1.165, 1.54) is 14.2 Å². The maximum absolute atomic E-state index is 12.1. The van der Waals surface area contributed by atoms with E-state index in [0.29, 0.717) is 28.6 Å². The molecular formula is C14H18ClNO4. The van der Waals surface area contributed by atoms with Crippen LogP contribution >= 0.6 is 11.6 Å². The molecule has 1 atom stereocenters. The summed E-state index contributed by atoms with van der Waals surface area (Å²) < 4.78 is 15.8. The van der Waals surface area contributed by atoms with Gasteiger partial charge in [0.15, 0.2) is 11.5 Å². The molecule has 1 unspecified atom stereocenters. The Morgan fingerprint density at radius 3 is 2.85 bits per heavy atom. The predicted molar refractivity (Wildman–Crippen MR) is 75.9 cm³/mol. The molecule has 1 fully saturated rings. The summed E-state index contributed by atoms with van der Waals surface area (Å²) in [6.07, 6.45) is 2.13. The summed E-state index contributed by atoms with van der Waals surface area (Å²) in [6.45, 7) is 1.27. The molecule has 0 aliphatic carbocycles. The van der Waals surface area contributed by atoms with Crippen molar-refractivity contribution >= 4 is 17.5 Å². The van der Waals surface area contributed by atoms with Gasteiger partial charge in [0.2, 0.25) is 0 Å². The van der Waals surface area contributed by atoms with Crippen LogP contribution in [0.2, 0.25) is 5.02 Å². The molecular weight excluding hydrogens is 282 g/mol. The maximum atomic E-state index is 12.1. The first-order chi connectivity index (χ1) is 9.65. The number of hydrogen-bond donors (Lipinski definition) is 1. The molecule has 0 spiro atoms. The van der Waals surface area contributed by atoms with Crippen molar-refractivity contribution in [2.24, 2.45) is 0 Å². The Bertz CT molecular complexity index is 486. The van der Waals surface area contributed by atoms with E-state index in [4.69, 9.17) is 25.8 Å². The Morgan fingerprint density at radius 2 is 2.25 bits per heavy atom. The van der Waals surface area contributed by atoms with Gasteiger partial charge in [-0.05, 0) is 25.0 Å². The lowest BCUT2D eigenvalue weighted by Crippen LogP contribution is -2.31. The highest BCUT2D eigenvalue weighted by Gasteiger charge is 2.18. The number of amides is 1. The van der Waals surface area contributed by atoms with Gasteiger partial charge in [0.1, 0.15) is 0 Å². The van der Waals surface area contributed by atoms with Crippen molar-refractivity contribution in [1.82, 2.24) is 5.32 Å². The van der Waals surface area contributed by atoms with Crippen molar-refractivity contribution < 1.29 is 19.0 Å². The number of carbonyl (C=O) groups is 1. The van der Waals surface area contributed by atoms with Gasteiger partial charge in [0.05, 0.1) is 25.3 Å². The van der Waals surface area contributed by atoms with Gasteiger partial charge in [-0.2, -0.15) is 0 Å². The zero-order chi connectivity index (χ0) is 14.5. The Balaban J connectivity index is 2.07. The summed E-state index contributed by atoms with van der Waals surface area (Å²) in [7, 11) is 3.00. The number of carbonyl (C=O) groups excluding carboxylic acids is 1. The highest BCUT2D eigenvalue weighted by atomic mass is 35.5. The van der Waals surface area contributed by atoms with Gasteiger partial charge in [-0.25, -0.2) is 0 Å². The smallest absolute Gasteiger partial charge is 0.251 e. The molecule has 20 heavy (non-hydrogen) atoms. The fourth-order valence-electron chi connectivity index (χ4n) is 2.16. The molecule has 110 valence electrons. The van der Waals surface area contributed by atoms with Crippen molar-refractivity contribution in [2.75, 3.05) is 27.4 Å². The Morgan fingerprint density at radius 1 is 1.45 bits per heavy atom. The summed E-state index contributed by atoms with van der Waals surface area (Å²) in [4.78, 5) is 12.1. The van der Waals surface area contributed by atoms with Gasteiger partial charge in [0, 0.05) is 18.7 Å². The molecule has 5 nitrogen and oxygen atoms in total. The summed E-state index contributed by atoms with van der Waals surface area (Å²) in [5.41, 5.74) is 0.436. The fourth-order valence-corrected chi connectivity index (χ4v) is 2.45. The topological polar surface area (TPSA) is 56.8 Å². The minimum atomic E-state index is -0.205. The van der Waals surface area contributed by atoms with Gasteiger partial charge in [-0.3, -0.25) is 4.79 Å². The number of halogens is 1. The molecule has 0 saturated carbocycles. The summed E-state index contributed by atoms with van der Waals surface area (Å²) >= 11 is 6.08. The molecule has 1 N–H and O–H groups in total. The third kappa shape index (κ3) is 3.35. The van der Waals surface area contributed by atoms with Crippen molar-refractivity contribution in [2.45, 2.75) is 18.9 Å². The Labute approximate surface area is 123 Å². The van der Waals surface area contributed by atoms with Gasteiger partial charge < -0.3 is 19.5 Å². The molecule has 0 radical (unpaired) electrons. The molecule has 1 saturated heterocycles. The van der Waals surface area contributed by atoms with Gasteiger partial charge >= 0.3 is 0 Å². The first-order valence-corrected chi connectivity index (χ1v) is 6.84. The normalized spacial score (nSPS) is 17.9. The predicted octanol–water partition coefficient (Wildman–Crippen LogP) is 2.27. The van der Waals surface area contributed by atoms with Crippen LogP contribution in [0, 0.1) is 0 Å². The number of hydrogen-bond acceptors (Lipinski definition) is 4. The molecule has 1 amide bonds. The second-order valence-corrected chi connectivity index (χ2v) is 4.95. The largest absolute Gasteiger partial charge is 0.493 e. The van der Waals surface area contributed by atoms with E-state index >= 15 is 0 Å². The SMILES string of the molecule is COc1cc(C(=O)NCC2CCCO2)cc(Cl)c1OC. The molecule has 1 aromatic carbocycles. The van der Waals surface area contributed by atoms with Crippen LogP contribution in [-0.4, -0.2) is 39.4 Å². The Hall–Kier alpha value is -1.46. The van der Waals surface area contributed by atoms with Crippen molar-refractivity contribution in [3.63, 3.8) is 0 Å². The molecule has 0 bridgehead atoms. The van der Waals surface area contributed by atoms with E-state index in [1.54, 1.807) is 12.1 Å². The summed E-state index contributed by atoms with van der Waals surface area (Å²) in [6, 6.07) is 3.17. The number of nitrogens with one attached hydrogen (secondary N) is 1. The number of methoxy groups -OCH3 is 2. The van der Waals surface area contributed by atoms with Crippen LogP contribution in [0.5, 0.6) is 11.5 Å². The lowest BCUT2D eigenvalue weighted by Gasteiger charge is -2.13. The summed E-state index contributed by atoms with van der Waals surface area (Å²) in [5.74, 6) is 0.649. The lowest BCUT2D eigenvalue weighted by molar-refractivity contribution is 0.0857. The Kier molecular flexibility index (Phi) is 5.09. The van der Waals surface area contributed by atoms with E-state index in [0.717, 1.165) is 19.4 Å². The first kappa shape index (κ1) is 14.9. The molecule has 1 aliphatic rings. The zero-order valence-corrected chi connectivity index (χ0v) is 12.3. The highest BCUT2D eigenvalue weighted by Crippen LogP contribution is 2.35. The number of benzene rings is 1. The maximum Gasteiger partial charge on any atom is 0.251 e. The van der Waals surface area contributed by atoms with Crippen LogP contribution in [0.3, 0.4) is 0 Å². The van der Waals surface area contributed by atoms with Crippen LogP contribution in [0.4, 0.5) is 0 Å². The van der Waals surface area contributed by atoms with Gasteiger partial charge in [-0.15, -0.1) is 0 Å². The average Bonchev–Trinajstić information content (AvgIpc) is 2.97. The van der Waals surface area contributed by atoms with Crippen molar-refractivity contribution in [3.05, 3.63) is 22.7 Å². The quantitative estimate of drug-likeness (QED) is 0.906. The first-order valence-electron chi connectivity index (χ1n) is 6.47. The molecule has 1 aromatic rings. The van der Waals surface area contributed by atoms with E-state index < -0.39 is 0 Å². The van der Waals surface area contributed by atoms with Crippen LogP contribution in [0.15, 0.2) is 12.1 Å². The van der Waals surface area contributed by atoms with Crippen LogP contribution < -0.4 is 14.8 Å². The van der Waals surface area contributed by atoms with Crippen molar-refractivity contribution in [3.8, 4) is 11.5 Å². The van der Waals surface area contributed by atoms with Gasteiger partial charge in [0.25, 0.3) is 5.91 Å². The number of ether oxygens (including phenoxy) is 3. The van der Waals surface area contributed by atoms with E-state index in [2.05, 4.69) is 5.32 Å². The molecule has 0 aromatic heterocycles. The minimum Gasteiger partial charge on any atom is -0.493 e. The van der Waals surface area contributed by atoms with Crippen LogP contribution in [-0.2, 0) is 4.74 Å². The number of rotatable bonds is 5. The monoisotopic (exact) mass is 299 g/mol. The second kappa shape index (κ2) is 6.81. The molecule has 2 rings (SSSR count). The van der Waals surface area contributed by atoms with Crippen LogP contribution in [0.1, 0.15) is 23.2 Å².